The molecule has 1 aromatic heterocycles. The minimum atomic E-state index is 0.178. The number of aromatic nitrogens is 2. The third kappa shape index (κ3) is 3.88. The number of nitrogens with one attached hydrogen (secondary N) is 1. The first-order valence-electron chi connectivity index (χ1n) is 9.42. The Bertz CT molecular complexity index is 746. The molecule has 3 heterocycles. The van der Waals surface area contributed by atoms with E-state index in [2.05, 4.69) is 39.2 Å². The lowest BCUT2D eigenvalue weighted by Crippen LogP contribution is -2.41. The van der Waals surface area contributed by atoms with Crippen LogP contribution in [0.4, 0.5) is 0 Å². The fraction of sp³-hybridized carbons (Fsp3) is 0.429. The van der Waals surface area contributed by atoms with Crippen LogP contribution in [0.25, 0.3) is 6.08 Å². The molecule has 0 unspecified atom stereocenters. The Labute approximate surface area is 154 Å². The second-order valence-corrected chi connectivity index (χ2v) is 7.58. The van der Waals surface area contributed by atoms with E-state index in [1.807, 2.05) is 29.3 Å². The number of likely N-dealkylation sites (tertiary alicyclic amines) is 2. The quantitative estimate of drug-likeness (QED) is 0.902. The fourth-order valence-corrected chi connectivity index (χ4v) is 4.14. The molecular weight excluding hydrogens is 324 g/mol. The van der Waals surface area contributed by atoms with Gasteiger partial charge in [0, 0.05) is 31.9 Å². The molecule has 136 valence electrons. The number of hydrogen-bond acceptors (Lipinski definition) is 3. The van der Waals surface area contributed by atoms with E-state index in [9.17, 15) is 4.79 Å². The van der Waals surface area contributed by atoms with Crippen molar-refractivity contribution in [1.82, 2.24) is 19.8 Å². The number of piperidine rings is 1. The number of hydrogen-bond donors (Lipinski definition) is 1. The zero-order valence-corrected chi connectivity index (χ0v) is 15.1. The van der Waals surface area contributed by atoms with Gasteiger partial charge in [0.15, 0.2) is 0 Å². The van der Waals surface area contributed by atoms with E-state index in [0.717, 1.165) is 44.8 Å². The maximum atomic E-state index is 12.5. The molecule has 2 aliphatic rings. The molecule has 2 aliphatic heterocycles. The number of amides is 1. The molecule has 4 rings (SSSR count). The number of benzene rings is 1. The van der Waals surface area contributed by atoms with Crippen molar-refractivity contribution in [3.8, 4) is 0 Å². The molecule has 0 atom stereocenters. The van der Waals surface area contributed by atoms with Crippen molar-refractivity contribution in [2.75, 3.05) is 26.2 Å². The van der Waals surface area contributed by atoms with E-state index in [-0.39, 0.29) is 5.41 Å². The van der Waals surface area contributed by atoms with E-state index >= 15 is 0 Å². The monoisotopic (exact) mass is 350 g/mol. The Morgan fingerprint density at radius 1 is 1.19 bits per heavy atom. The summed E-state index contributed by atoms with van der Waals surface area (Å²) in [6.07, 6.45) is 10.8. The van der Waals surface area contributed by atoms with E-state index in [0.29, 0.717) is 18.9 Å². The summed E-state index contributed by atoms with van der Waals surface area (Å²) in [5.41, 5.74) is 1.36. The third-order valence-electron chi connectivity index (χ3n) is 5.69. The van der Waals surface area contributed by atoms with Crippen LogP contribution in [0.3, 0.4) is 0 Å². The Morgan fingerprint density at radius 3 is 2.73 bits per heavy atom. The van der Waals surface area contributed by atoms with Crippen LogP contribution in [-0.4, -0.2) is 51.9 Å². The molecule has 1 spiro atoms. The van der Waals surface area contributed by atoms with Gasteiger partial charge in [-0.2, -0.15) is 0 Å². The number of aromatic amines is 1. The molecule has 5 nitrogen and oxygen atoms in total. The van der Waals surface area contributed by atoms with E-state index in [1.54, 1.807) is 6.20 Å². The van der Waals surface area contributed by atoms with Crippen LogP contribution in [-0.2, 0) is 11.3 Å². The zero-order chi connectivity index (χ0) is 17.8. The highest BCUT2D eigenvalue weighted by molar-refractivity contribution is 5.79. The number of H-pyrrole nitrogens is 1. The number of rotatable bonds is 5. The van der Waals surface area contributed by atoms with Crippen LogP contribution in [0.5, 0.6) is 0 Å². The Morgan fingerprint density at radius 2 is 2.00 bits per heavy atom. The third-order valence-corrected chi connectivity index (χ3v) is 5.69. The lowest BCUT2D eigenvalue weighted by Gasteiger charge is -2.38. The molecule has 0 aliphatic carbocycles. The van der Waals surface area contributed by atoms with E-state index in [1.165, 1.54) is 5.56 Å². The van der Waals surface area contributed by atoms with Crippen LogP contribution in [0, 0.1) is 5.41 Å². The summed E-state index contributed by atoms with van der Waals surface area (Å²) in [6.45, 7) is 4.58. The van der Waals surface area contributed by atoms with Gasteiger partial charge in [-0.15, -0.1) is 0 Å². The molecule has 2 saturated heterocycles. The van der Waals surface area contributed by atoms with Gasteiger partial charge in [-0.3, -0.25) is 9.69 Å². The molecule has 1 N–H and O–H groups in total. The molecule has 1 amide bonds. The smallest absolute Gasteiger partial charge is 0.223 e. The maximum Gasteiger partial charge on any atom is 0.223 e. The van der Waals surface area contributed by atoms with Gasteiger partial charge in [0.2, 0.25) is 5.91 Å². The first-order chi connectivity index (χ1) is 12.7. The van der Waals surface area contributed by atoms with Gasteiger partial charge in [-0.25, -0.2) is 4.98 Å². The molecule has 1 aromatic carbocycles. The van der Waals surface area contributed by atoms with E-state index < -0.39 is 0 Å². The number of imidazole rings is 1. The molecule has 0 bridgehead atoms. The second kappa shape index (κ2) is 7.46. The topological polar surface area (TPSA) is 52.2 Å². The van der Waals surface area contributed by atoms with Gasteiger partial charge in [0.25, 0.3) is 0 Å². The van der Waals surface area contributed by atoms with Gasteiger partial charge in [-0.05, 0) is 36.9 Å². The minimum Gasteiger partial charge on any atom is -0.348 e. The highest BCUT2D eigenvalue weighted by atomic mass is 16.2. The lowest BCUT2D eigenvalue weighted by atomic mass is 9.77. The molecular formula is C21H26N4O. The van der Waals surface area contributed by atoms with Gasteiger partial charge in [0.05, 0.1) is 6.54 Å². The van der Waals surface area contributed by atoms with Gasteiger partial charge < -0.3 is 9.88 Å². The number of carbonyl (C=O) groups is 1. The normalized spacial score (nSPS) is 20.5. The molecule has 26 heavy (non-hydrogen) atoms. The van der Waals surface area contributed by atoms with Crippen molar-refractivity contribution in [1.29, 1.82) is 0 Å². The fourth-order valence-electron chi connectivity index (χ4n) is 4.14. The van der Waals surface area contributed by atoms with Crippen molar-refractivity contribution < 1.29 is 4.79 Å². The summed E-state index contributed by atoms with van der Waals surface area (Å²) in [5.74, 6) is 1.33. The summed E-state index contributed by atoms with van der Waals surface area (Å²) >= 11 is 0. The zero-order valence-electron chi connectivity index (χ0n) is 15.1. The van der Waals surface area contributed by atoms with Crippen molar-refractivity contribution in [2.24, 2.45) is 5.41 Å². The van der Waals surface area contributed by atoms with Crippen molar-refractivity contribution >= 4 is 12.0 Å². The average Bonchev–Trinajstić information content (AvgIpc) is 3.27. The van der Waals surface area contributed by atoms with Crippen LogP contribution < -0.4 is 0 Å². The van der Waals surface area contributed by atoms with Gasteiger partial charge in [-0.1, -0.05) is 42.5 Å². The summed E-state index contributed by atoms with van der Waals surface area (Å²) in [7, 11) is 0. The average molecular weight is 350 g/mol. The van der Waals surface area contributed by atoms with Crippen LogP contribution >= 0.6 is 0 Å². The molecule has 0 saturated carbocycles. The standard InChI is InChI=1S/C21H26N4O/c26-20-15-21(8-13-24(14-9-21)16-19-22-10-11-23-19)17-25(20)12-4-7-18-5-2-1-3-6-18/h1-7,10-11H,8-9,12-17H2,(H,22,23). The van der Waals surface area contributed by atoms with Crippen LogP contribution in [0.2, 0.25) is 0 Å². The SMILES string of the molecule is O=C1CC2(CCN(Cc3ncc[nH]3)CC2)CN1CC=Cc1ccccc1. The first kappa shape index (κ1) is 17.0. The van der Waals surface area contributed by atoms with E-state index in [4.69, 9.17) is 0 Å². The molecule has 5 heteroatoms. The minimum absolute atomic E-state index is 0.178. The second-order valence-electron chi connectivity index (χ2n) is 7.58. The van der Waals surface area contributed by atoms with Crippen LogP contribution in [0.1, 0.15) is 30.7 Å². The van der Waals surface area contributed by atoms with Crippen molar-refractivity contribution in [3.05, 3.63) is 60.2 Å². The summed E-state index contributed by atoms with van der Waals surface area (Å²) in [4.78, 5) is 24.4. The van der Waals surface area contributed by atoms with Crippen molar-refractivity contribution in [2.45, 2.75) is 25.8 Å². The highest BCUT2D eigenvalue weighted by Crippen LogP contribution is 2.41. The predicted molar refractivity (Wildman–Crippen MR) is 102 cm³/mol. The first-order valence-corrected chi connectivity index (χ1v) is 9.42. The maximum absolute atomic E-state index is 12.5. The Hall–Kier alpha value is -2.40. The lowest BCUT2D eigenvalue weighted by molar-refractivity contribution is -0.127. The van der Waals surface area contributed by atoms with Gasteiger partial charge in [0.1, 0.15) is 5.82 Å². The van der Waals surface area contributed by atoms with Gasteiger partial charge >= 0.3 is 0 Å². The molecule has 2 aromatic rings. The van der Waals surface area contributed by atoms with Crippen molar-refractivity contribution in [3.63, 3.8) is 0 Å². The Balaban J connectivity index is 1.29. The highest BCUT2D eigenvalue weighted by Gasteiger charge is 2.44. The molecule has 0 radical (unpaired) electrons. The predicted octanol–water partition coefficient (Wildman–Crippen LogP) is 2.94. The largest absolute Gasteiger partial charge is 0.348 e. The number of carbonyl (C=O) groups excluding carboxylic acids is 1. The summed E-state index contributed by atoms with van der Waals surface area (Å²) < 4.78 is 0. The van der Waals surface area contributed by atoms with Crippen LogP contribution in [0.15, 0.2) is 48.8 Å². The molecule has 2 fully saturated rings. The number of nitrogens with zero attached hydrogens (tertiary/aromatic N) is 3. The summed E-state index contributed by atoms with van der Waals surface area (Å²) in [5, 5.41) is 0. The summed E-state index contributed by atoms with van der Waals surface area (Å²) in [6, 6.07) is 10.2. The Kier molecular flexibility index (Phi) is 4.89.